The SMILES string of the molecule is CCc1cccc(C)c1N(CCC(=O)NCc1ccccc1)S(C)(=O)=O. The first-order chi connectivity index (χ1) is 12.3. The zero-order valence-corrected chi connectivity index (χ0v) is 16.3. The molecule has 2 aromatic carbocycles. The predicted octanol–water partition coefficient (Wildman–Crippen LogP) is 3.03. The molecule has 0 aliphatic heterocycles. The van der Waals surface area contributed by atoms with Gasteiger partial charge < -0.3 is 5.32 Å². The number of anilines is 1. The summed E-state index contributed by atoms with van der Waals surface area (Å²) in [7, 11) is -3.48. The number of nitrogens with one attached hydrogen (secondary N) is 1. The minimum Gasteiger partial charge on any atom is -0.352 e. The molecule has 0 unspecified atom stereocenters. The Morgan fingerprint density at radius 1 is 1.08 bits per heavy atom. The van der Waals surface area contributed by atoms with Crippen molar-refractivity contribution in [2.45, 2.75) is 33.2 Å². The van der Waals surface area contributed by atoms with Gasteiger partial charge in [-0.15, -0.1) is 0 Å². The van der Waals surface area contributed by atoms with Crippen LogP contribution in [0.15, 0.2) is 48.5 Å². The molecule has 2 rings (SSSR count). The third-order valence-corrected chi connectivity index (χ3v) is 5.39. The molecule has 0 saturated heterocycles. The molecule has 0 saturated carbocycles. The van der Waals surface area contributed by atoms with Gasteiger partial charge in [-0.3, -0.25) is 9.10 Å². The fraction of sp³-hybridized carbons (Fsp3) is 0.350. The Balaban J connectivity index is 2.09. The van der Waals surface area contributed by atoms with E-state index in [1.807, 2.05) is 62.4 Å². The van der Waals surface area contributed by atoms with Gasteiger partial charge in [0.25, 0.3) is 0 Å². The normalized spacial score (nSPS) is 11.2. The van der Waals surface area contributed by atoms with Crippen LogP contribution in [0.1, 0.15) is 30.0 Å². The second-order valence-electron chi connectivity index (χ2n) is 6.28. The van der Waals surface area contributed by atoms with E-state index in [2.05, 4.69) is 5.32 Å². The average molecular weight is 375 g/mol. The summed E-state index contributed by atoms with van der Waals surface area (Å²) in [4.78, 5) is 12.2. The van der Waals surface area contributed by atoms with Gasteiger partial charge in [-0.25, -0.2) is 8.42 Å². The highest BCUT2D eigenvalue weighted by molar-refractivity contribution is 7.92. The van der Waals surface area contributed by atoms with Crippen molar-refractivity contribution in [1.82, 2.24) is 5.32 Å². The molecule has 0 radical (unpaired) electrons. The van der Waals surface area contributed by atoms with Crippen LogP contribution in [-0.4, -0.2) is 27.1 Å². The largest absolute Gasteiger partial charge is 0.352 e. The van der Waals surface area contributed by atoms with Crippen molar-refractivity contribution in [2.75, 3.05) is 17.1 Å². The smallest absolute Gasteiger partial charge is 0.232 e. The van der Waals surface area contributed by atoms with Gasteiger partial charge in [-0.1, -0.05) is 55.5 Å². The van der Waals surface area contributed by atoms with E-state index in [1.165, 1.54) is 10.6 Å². The molecule has 5 nitrogen and oxygen atoms in total. The molecule has 0 fully saturated rings. The van der Waals surface area contributed by atoms with Crippen molar-refractivity contribution in [3.05, 3.63) is 65.2 Å². The number of carbonyl (C=O) groups excluding carboxylic acids is 1. The zero-order chi connectivity index (χ0) is 19.2. The van der Waals surface area contributed by atoms with Crippen molar-refractivity contribution in [1.29, 1.82) is 0 Å². The number of amides is 1. The van der Waals surface area contributed by atoms with Gasteiger partial charge in [0.15, 0.2) is 0 Å². The molecule has 0 aliphatic carbocycles. The summed E-state index contributed by atoms with van der Waals surface area (Å²) < 4.78 is 26.0. The Morgan fingerprint density at radius 3 is 2.38 bits per heavy atom. The molecular weight excluding hydrogens is 348 g/mol. The van der Waals surface area contributed by atoms with Crippen LogP contribution in [0.4, 0.5) is 5.69 Å². The molecule has 140 valence electrons. The van der Waals surface area contributed by atoms with E-state index in [-0.39, 0.29) is 18.9 Å². The lowest BCUT2D eigenvalue weighted by atomic mass is 10.1. The number of aryl methyl sites for hydroxylation is 2. The second kappa shape index (κ2) is 8.85. The molecule has 0 spiro atoms. The molecule has 1 amide bonds. The number of sulfonamides is 1. The number of hydrogen-bond acceptors (Lipinski definition) is 3. The highest BCUT2D eigenvalue weighted by atomic mass is 32.2. The molecule has 2 aromatic rings. The van der Waals surface area contributed by atoms with Crippen molar-refractivity contribution in [2.24, 2.45) is 0 Å². The zero-order valence-electron chi connectivity index (χ0n) is 15.5. The van der Waals surface area contributed by atoms with E-state index in [4.69, 9.17) is 0 Å². The van der Waals surface area contributed by atoms with Gasteiger partial charge in [0, 0.05) is 19.5 Å². The minimum absolute atomic E-state index is 0.109. The van der Waals surface area contributed by atoms with Gasteiger partial charge in [-0.05, 0) is 30.0 Å². The van der Waals surface area contributed by atoms with Crippen LogP contribution in [0, 0.1) is 6.92 Å². The Morgan fingerprint density at radius 2 is 1.77 bits per heavy atom. The Bertz CT molecular complexity index is 849. The fourth-order valence-electron chi connectivity index (χ4n) is 2.89. The third kappa shape index (κ3) is 5.33. The van der Waals surface area contributed by atoms with E-state index < -0.39 is 10.0 Å². The Labute approximate surface area is 156 Å². The average Bonchev–Trinajstić information content (AvgIpc) is 2.61. The number of benzene rings is 2. The number of rotatable bonds is 8. The summed E-state index contributed by atoms with van der Waals surface area (Å²) in [6.07, 6.45) is 2.02. The predicted molar refractivity (Wildman–Crippen MR) is 106 cm³/mol. The van der Waals surface area contributed by atoms with E-state index in [9.17, 15) is 13.2 Å². The topological polar surface area (TPSA) is 66.5 Å². The van der Waals surface area contributed by atoms with Crippen LogP contribution >= 0.6 is 0 Å². The van der Waals surface area contributed by atoms with Gasteiger partial charge in [0.05, 0.1) is 11.9 Å². The lowest BCUT2D eigenvalue weighted by molar-refractivity contribution is -0.121. The standard InChI is InChI=1S/C20H26N2O3S/c1-4-18-12-8-9-16(2)20(18)22(26(3,24)25)14-13-19(23)21-15-17-10-6-5-7-11-17/h5-12H,4,13-15H2,1-3H3,(H,21,23). The number of carbonyl (C=O) groups is 1. The maximum Gasteiger partial charge on any atom is 0.232 e. The fourth-order valence-corrected chi connectivity index (χ4v) is 3.91. The van der Waals surface area contributed by atoms with Crippen LogP contribution < -0.4 is 9.62 Å². The lowest BCUT2D eigenvalue weighted by Gasteiger charge is -2.26. The highest BCUT2D eigenvalue weighted by Crippen LogP contribution is 2.28. The minimum atomic E-state index is -3.48. The second-order valence-corrected chi connectivity index (χ2v) is 8.19. The van der Waals surface area contributed by atoms with Crippen LogP contribution in [-0.2, 0) is 27.8 Å². The summed E-state index contributed by atoms with van der Waals surface area (Å²) in [6, 6.07) is 15.4. The van der Waals surface area contributed by atoms with Gasteiger partial charge >= 0.3 is 0 Å². The van der Waals surface area contributed by atoms with Crippen molar-refractivity contribution >= 4 is 21.6 Å². The first kappa shape index (κ1) is 20.0. The summed E-state index contributed by atoms with van der Waals surface area (Å²) in [5, 5.41) is 2.84. The molecule has 26 heavy (non-hydrogen) atoms. The molecule has 6 heteroatoms. The number of hydrogen-bond donors (Lipinski definition) is 1. The van der Waals surface area contributed by atoms with E-state index in [0.717, 1.165) is 23.1 Å². The number of para-hydroxylation sites is 1. The number of nitrogens with zero attached hydrogens (tertiary/aromatic N) is 1. The first-order valence-electron chi connectivity index (χ1n) is 8.69. The molecule has 0 aliphatic rings. The monoisotopic (exact) mass is 374 g/mol. The summed E-state index contributed by atoms with van der Waals surface area (Å²) in [6.45, 7) is 4.44. The van der Waals surface area contributed by atoms with E-state index in [1.54, 1.807) is 0 Å². The molecule has 0 bridgehead atoms. The van der Waals surface area contributed by atoms with Gasteiger partial charge in [-0.2, -0.15) is 0 Å². The van der Waals surface area contributed by atoms with Gasteiger partial charge in [0.1, 0.15) is 0 Å². The Kier molecular flexibility index (Phi) is 6.80. The molecule has 1 N–H and O–H groups in total. The third-order valence-electron chi connectivity index (χ3n) is 4.23. The quantitative estimate of drug-likeness (QED) is 0.772. The summed E-state index contributed by atoms with van der Waals surface area (Å²) >= 11 is 0. The van der Waals surface area contributed by atoms with Crippen LogP contribution in [0.5, 0.6) is 0 Å². The highest BCUT2D eigenvalue weighted by Gasteiger charge is 2.22. The molecule has 0 aromatic heterocycles. The van der Waals surface area contributed by atoms with Crippen molar-refractivity contribution in [3.63, 3.8) is 0 Å². The maximum atomic E-state index is 12.3. The van der Waals surface area contributed by atoms with E-state index >= 15 is 0 Å². The maximum absolute atomic E-state index is 12.3. The first-order valence-corrected chi connectivity index (χ1v) is 10.5. The molecule has 0 heterocycles. The summed E-state index contributed by atoms with van der Waals surface area (Å²) in [5.41, 5.74) is 3.54. The van der Waals surface area contributed by atoms with Crippen LogP contribution in [0.3, 0.4) is 0 Å². The van der Waals surface area contributed by atoms with Crippen molar-refractivity contribution < 1.29 is 13.2 Å². The molecule has 0 atom stereocenters. The van der Waals surface area contributed by atoms with Crippen molar-refractivity contribution in [3.8, 4) is 0 Å². The lowest BCUT2D eigenvalue weighted by Crippen LogP contribution is -2.35. The van der Waals surface area contributed by atoms with E-state index in [0.29, 0.717) is 12.2 Å². The summed E-state index contributed by atoms with van der Waals surface area (Å²) in [5.74, 6) is -0.172. The van der Waals surface area contributed by atoms with Gasteiger partial charge in [0.2, 0.25) is 15.9 Å². The molecular formula is C20H26N2O3S. The van der Waals surface area contributed by atoms with Crippen LogP contribution in [0.25, 0.3) is 0 Å². The Hall–Kier alpha value is -2.34. The van der Waals surface area contributed by atoms with Crippen LogP contribution in [0.2, 0.25) is 0 Å².